The van der Waals surface area contributed by atoms with Crippen molar-refractivity contribution < 1.29 is 4.79 Å². The van der Waals surface area contributed by atoms with Gasteiger partial charge in [0.15, 0.2) is 0 Å². The molecule has 0 spiro atoms. The number of thioether (sulfide) groups is 1. The van der Waals surface area contributed by atoms with Crippen LogP contribution in [0.1, 0.15) is 5.56 Å². The van der Waals surface area contributed by atoms with Crippen LogP contribution in [0.15, 0.2) is 47.6 Å². The number of hydrogen-bond donors (Lipinski definition) is 1. The lowest BCUT2D eigenvalue weighted by atomic mass is 10.2. The predicted octanol–water partition coefficient (Wildman–Crippen LogP) is 3.11. The fraction of sp³-hybridized carbons (Fsp3) is 0.333. The summed E-state index contributed by atoms with van der Waals surface area (Å²) in [6, 6.07) is 13.4. The van der Waals surface area contributed by atoms with Crippen LogP contribution in [0.25, 0.3) is 5.69 Å². The molecule has 10 heteroatoms. The van der Waals surface area contributed by atoms with Crippen LogP contribution in [0.3, 0.4) is 0 Å². The Morgan fingerprint density at radius 2 is 1.90 bits per heavy atom. The molecule has 0 radical (unpaired) electrons. The lowest BCUT2D eigenvalue weighted by Gasteiger charge is -2.35. The molecule has 0 atom stereocenters. The molecule has 0 aliphatic carbocycles. The van der Waals surface area contributed by atoms with Gasteiger partial charge in [-0.2, -0.15) is 4.68 Å². The number of rotatable bonds is 6. The standard InChI is InChI=1S/C21H24ClN7OS/c1-15-6-3-4-9-18(15)29-21(24-25-26-29)31-14-19(30)23-17-8-5-7-16(22)20(17)28-12-10-27(2)11-13-28/h3-9H,10-14H2,1-2H3,(H,23,30). The highest BCUT2D eigenvalue weighted by Gasteiger charge is 2.21. The maximum atomic E-state index is 12.7. The minimum Gasteiger partial charge on any atom is -0.366 e. The highest BCUT2D eigenvalue weighted by Crippen LogP contribution is 2.34. The van der Waals surface area contributed by atoms with Gasteiger partial charge in [0.1, 0.15) is 0 Å². The number of hydrogen-bond acceptors (Lipinski definition) is 7. The largest absolute Gasteiger partial charge is 0.366 e. The highest BCUT2D eigenvalue weighted by molar-refractivity contribution is 7.99. The summed E-state index contributed by atoms with van der Waals surface area (Å²) >= 11 is 7.79. The van der Waals surface area contributed by atoms with E-state index in [9.17, 15) is 4.79 Å². The quantitative estimate of drug-likeness (QED) is 0.569. The van der Waals surface area contributed by atoms with Crippen molar-refractivity contribution in [3.8, 4) is 5.69 Å². The van der Waals surface area contributed by atoms with Crippen molar-refractivity contribution >= 4 is 40.6 Å². The SMILES string of the molecule is Cc1ccccc1-n1nnnc1SCC(=O)Nc1cccc(Cl)c1N1CCN(C)CC1. The zero-order chi connectivity index (χ0) is 21.8. The molecule has 1 aliphatic heterocycles. The van der Waals surface area contributed by atoms with Gasteiger partial charge in [0.25, 0.3) is 0 Å². The van der Waals surface area contributed by atoms with Gasteiger partial charge in [0.2, 0.25) is 11.1 Å². The Morgan fingerprint density at radius 3 is 2.68 bits per heavy atom. The van der Waals surface area contributed by atoms with Crippen molar-refractivity contribution in [2.45, 2.75) is 12.1 Å². The van der Waals surface area contributed by atoms with E-state index in [0.717, 1.165) is 48.8 Å². The number of amides is 1. The zero-order valence-electron chi connectivity index (χ0n) is 17.5. The van der Waals surface area contributed by atoms with E-state index in [1.807, 2.05) is 49.4 Å². The molecule has 31 heavy (non-hydrogen) atoms. The third-order valence-electron chi connectivity index (χ3n) is 5.20. The molecule has 1 saturated heterocycles. The molecule has 1 amide bonds. The van der Waals surface area contributed by atoms with Gasteiger partial charge in [0.05, 0.1) is 27.8 Å². The normalized spacial score (nSPS) is 14.6. The van der Waals surface area contributed by atoms with Crippen LogP contribution in [0.4, 0.5) is 11.4 Å². The minimum absolute atomic E-state index is 0.137. The summed E-state index contributed by atoms with van der Waals surface area (Å²) < 4.78 is 1.66. The predicted molar refractivity (Wildman–Crippen MR) is 124 cm³/mol. The fourth-order valence-electron chi connectivity index (χ4n) is 3.51. The van der Waals surface area contributed by atoms with Gasteiger partial charge in [-0.3, -0.25) is 4.79 Å². The molecule has 3 aromatic rings. The number of nitrogens with one attached hydrogen (secondary N) is 1. The maximum absolute atomic E-state index is 12.7. The van der Waals surface area contributed by atoms with Crippen LogP contribution < -0.4 is 10.2 Å². The number of likely N-dealkylation sites (N-methyl/N-ethyl adjacent to an activating group) is 1. The first-order chi connectivity index (χ1) is 15.0. The van der Waals surface area contributed by atoms with Gasteiger partial charge >= 0.3 is 0 Å². The molecular formula is C21H24ClN7OS. The van der Waals surface area contributed by atoms with Crippen LogP contribution in [0, 0.1) is 6.92 Å². The Balaban J connectivity index is 1.45. The number of aromatic nitrogens is 4. The molecule has 4 rings (SSSR count). The molecule has 2 heterocycles. The van der Waals surface area contributed by atoms with Crippen LogP contribution in [-0.2, 0) is 4.79 Å². The summed E-state index contributed by atoms with van der Waals surface area (Å²) in [5.74, 6) is 0.0444. The number of para-hydroxylation sites is 2. The van der Waals surface area contributed by atoms with Crippen LogP contribution in [-0.4, -0.2) is 70.0 Å². The maximum Gasteiger partial charge on any atom is 0.234 e. The third-order valence-corrected chi connectivity index (χ3v) is 6.42. The van der Waals surface area contributed by atoms with Gasteiger partial charge in [-0.1, -0.05) is 47.6 Å². The van der Waals surface area contributed by atoms with Crippen LogP contribution in [0.5, 0.6) is 0 Å². The third kappa shape index (κ3) is 5.00. The monoisotopic (exact) mass is 457 g/mol. The average Bonchev–Trinajstić information content (AvgIpc) is 3.22. The first-order valence-corrected chi connectivity index (χ1v) is 11.4. The second kappa shape index (κ2) is 9.67. The number of piperazine rings is 1. The summed E-state index contributed by atoms with van der Waals surface area (Å²) in [5, 5.41) is 16.1. The molecule has 2 aromatic carbocycles. The van der Waals surface area contributed by atoms with Crippen molar-refractivity contribution in [2.75, 3.05) is 49.2 Å². The number of carbonyl (C=O) groups is 1. The molecule has 162 valence electrons. The molecule has 1 aromatic heterocycles. The summed E-state index contributed by atoms with van der Waals surface area (Å²) in [6.45, 7) is 5.63. The van der Waals surface area contributed by atoms with Crippen molar-refractivity contribution in [1.82, 2.24) is 25.1 Å². The fourth-order valence-corrected chi connectivity index (χ4v) is 4.48. The smallest absolute Gasteiger partial charge is 0.234 e. The van der Waals surface area contributed by atoms with Crippen LogP contribution >= 0.6 is 23.4 Å². The van der Waals surface area contributed by atoms with Gasteiger partial charge in [-0.05, 0) is 48.2 Å². The second-order valence-corrected chi connectivity index (χ2v) is 8.77. The number of carbonyl (C=O) groups excluding carboxylic acids is 1. The number of nitrogens with zero attached hydrogens (tertiary/aromatic N) is 6. The van der Waals surface area contributed by atoms with Crippen molar-refractivity contribution in [3.05, 3.63) is 53.1 Å². The van der Waals surface area contributed by atoms with E-state index in [1.54, 1.807) is 4.68 Å². The minimum atomic E-state index is -0.137. The molecule has 0 bridgehead atoms. The summed E-state index contributed by atoms with van der Waals surface area (Å²) in [7, 11) is 2.11. The van der Waals surface area contributed by atoms with E-state index < -0.39 is 0 Å². The Morgan fingerprint density at radius 1 is 1.13 bits per heavy atom. The zero-order valence-corrected chi connectivity index (χ0v) is 19.0. The van der Waals surface area contributed by atoms with E-state index in [4.69, 9.17) is 11.6 Å². The number of tetrazole rings is 1. The van der Waals surface area contributed by atoms with Crippen molar-refractivity contribution in [2.24, 2.45) is 0 Å². The molecule has 1 fully saturated rings. The number of benzene rings is 2. The molecule has 0 unspecified atom stereocenters. The number of aryl methyl sites for hydroxylation is 1. The number of anilines is 2. The van der Waals surface area contributed by atoms with Gasteiger partial charge in [0, 0.05) is 26.2 Å². The first-order valence-electron chi connectivity index (χ1n) is 10.0. The summed E-state index contributed by atoms with van der Waals surface area (Å²) in [4.78, 5) is 17.2. The van der Waals surface area contributed by atoms with Gasteiger partial charge in [-0.25, -0.2) is 0 Å². The van der Waals surface area contributed by atoms with E-state index >= 15 is 0 Å². The van der Waals surface area contributed by atoms with Crippen molar-refractivity contribution in [3.63, 3.8) is 0 Å². The second-order valence-electron chi connectivity index (χ2n) is 7.42. The summed E-state index contributed by atoms with van der Waals surface area (Å²) in [6.07, 6.45) is 0. The van der Waals surface area contributed by atoms with E-state index in [0.29, 0.717) is 10.2 Å². The molecule has 8 nitrogen and oxygen atoms in total. The van der Waals surface area contributed by atoms with E-state index in [1.165, 1.54) is 11.8 Å². The van der Waals surface area contributed by atoms with E-state index in [2.05, 4.69) is 37.7 Å². The Hall–Kier alpha value is -2.62. The van der Waals surface area contributed by atoms with Gasteiger partial charge < -0.3 is 15.1 Å². The van der Waals surface area contributed by atoms with Gasteiger partial charge in [-0.15, -0.1) is 5.10 Å². The lowest BCUT2D eigenvalue weighted by Crippen LogP contribution is -2.44. The number of halogens is 1. The Kier molecular flexibility index (Phi) is 6.74. The Bertz CT molecular complexity index is 1070. The first kappa shape index (κ1) is 21.6. The lowest BCUT2D eigenvalue weighted by molar-refractivity contribution is -0.113. The average molecular weight is 458 g/mol. The van der Waals surface area contributed by atoms with Crippen LogP contribution in [0.2, 0.25) is 5.02 Å². The molecular weight excluding hydrogens is 434 g/mol. The molecule has 0 saturated carbocycles. The molecule has 1 aliphatic rings. The summed E-state index contributed by atoms with van der Waals surface area (Å²) in [5.41, 5.74) is 3.54. The van der Waals surface area contributed by atoms with E-state index in [-0.39, 0.29) is 11.7 Å². The topological polar surface area (TPSA) is 79.2 Å². The molecule has 1 N–H and O–H groups in total. The Labute approximate surface area is 190 Å². The van der Waals surface area contributed by atoms with Crippen molar-refractivity contribution in [1.29, 1.82) is 0 Å². The highest BCUT2D eigenvalue weighted by atomic mass is 35.5.